The lowest BCUT2D eigenvalue weighted by Gasteiger charge is -2.11. The zero-order valence-electron chi connectivity index (χ0n) is 17.4. The molecule has 3 aromatic heterocycles. The summed E-state index contributed by atoms with van der Waals surface area (Å²) >= 11 is 0. The number of aromatic nitrogens is 4. The Bertz CT molecular complexity index is 1130. The van der Waals surface area contributed by atoms with Crippen LogP contribution in [0.2, 0.25) is 0 Å². The fourth-order valence-electron chi connectivity index (χ4n) is 3.42. The molecule has 1 aromatic carbocycles. The molecule has 0 aliphatic rings. The molecule has 7 nitrogen and oxygen atoms in total. The predicted octanol–water partition coefficient (Wildman–Crippen LogP) is 3.35. The maximum Gasteiger partial charge on any atom is 0.191 e. The molecule has 0 bridgehead atoms. The Labute approximate surface area is 176 Å². The highest BCUT2D eigenvalue weighted by Crippen LogP contribution is 2.19. The van der Waals surface area contributed by atoms with E-state index in [1.165, 1.54) is 22.0 Å². The average Bonchev–Trinajstić information content (AvgIpc) is 3.42. The molecule has 0 amide bonds. The number of aliphatic imine (C=N–C) groups is 1. The SMILES string of the molecule is CCNC(=NCc1ccnc(-n2cccn2)c1)NCCc1c[nH]c2cc(C)ccc12. The summed E-state index contributed by atoms with van der Waals surface area (Å²) in [5.41, 5.74) is 4.85. The van der Waals surface area contributed by atoms with Crippen molar-refractivity contribution in [2.75, 3.05) is 13.1 Å². The van der Waals surface area contributed by atoms with Crippen molar-refractivity contribution in [1.82, 2.24) is 30.4 Å². The van der Waals surface area contributed by atoms with Gasteiger partial charge in [-0.15, -0.1) is 0 Å². The van der Waals surface area contributed by atoms with Gasteiger partial charge in [0.2, 0.25) is 0 Å². The Morgan fingerprint density at radius 2 is 2.10 bits per heavy atom. The van der Waals surface area contributed by atoms with E-state index in [0.29, 0.717) is 6.54 Å². The summed E-state index contributed by atoms with van der Waals surface area (Å²) in [6.45, 7) is 6.37. The van der Waals surface area contributed by atoms with Crippen LogP contribution in [0.5, 0.6) is 0 Å². The second-order valence-corrected chi connectivity index (χ2v) is 7.21. The Hall–Kier alpha value is -3.61. The number of nitrogens with zero attached hydrogens (tertiary/aromatic N) is 4. The van der Waals surface area contributed by atoms with Gasteiger partial charge in [0.1, 0.15) is 0 Å². The van der Waals surface area contributed by atoms with E-state index < -0.39 is 0 Å². The van der Waals surface area contributed by atoms with Crippen LogP contribution in [0.3, 0.4) is 0 Å². The van der Waals surface area contributed by atoms with Crippen LogP contribution in [0.25, 0.3) is 16.7 Å². The largest absolute Gasteiger partial charge is 0.361 e. The van der Waals surface area contributed by atoms with Crippen molar-refractivity contribution < 1.29 is 0 Å². The van der Waals surface area contributed by atoms with Crippen molar-refractivity contribution in [2.45, 2.75) is 26.8 Å². The van der Waals surface area contributed by atoms with E-state index in [9.17, 15) is 0 Å². The fourth-order valence-corrected chi connectivity index (χ4v) is 3.42. The van der Waals surface area contributed by atoms with Crippen LogP contribution in [0, 0.1) is 6.92 Å². The summed E-state index contributed by atoms with van der Waals surface area (Å²) in [5.74, 6) is 1.60. The highest BCUT2D eigenvalue weighted by Gasteiger charge is 2.05. The molecule has 4 rings (SSSR count). The first-order valence-electron chi connectivity index (χ1n) is 10.3. The van der Waals surface area contributed by atoms with E-state index in [4.69, 9.17) is 4.99 Å². The molecule has 0 saturated heterocycles. The molecule has 0 aliphatic heterocycles. The summed E-state index contributed by atoms with van der Waals surface area (Å²) in [6, 6.07) is 12.4. The van der Waals surface area contributed by atoms with Gasteiger partial charge in [-0.05, 0) is 61.2 Å². The van der Waals surface area contributed by atoms with Crippen molar-refractivity contribution in [3.8, 4) is 5.82 Å². The molecule has 154 valence electrons. The monoisotopic (exact) mass is 401 g/mol. The van der Waals surface area contributed by atoms with Gasteiger partial charge in [0.15, 0.2) is 11.8 Å². The molecule has 4 aromatic rings. The van der Waals surface area contributed by atoms with Gasteiger partial charge in [-0.1, -0.05) is 12.1 Å². The van der Waals surface area contributed by atoms with E-state index in [1.807, 2.05) is 24.4 Å². The van der Waals surface area contributed by atoms with Crippen molar-refractivity contribution >= 4 is 16.9 Å². The Morgan fingerprint density at radius 1 is 1.17 bits per heavy atom. The topological polar surface area (TPSA) is 82.9 Å². The van der Waals surface area contributed by atoms with Gasteiger partial charge in [-0.25, -0.2) is 14.7 Å². The van der Waals surface area contributed by atoms with Gasteiger partial charge in [0.25, 0.3) is 0 Å². The molecule has 0 radical (unpaired) electrons. The van der Waals surface area contributed by atoms with Crippen molar-refractivity contribution in [1.29, 1.82) is 0 Å². The number of hydrogen-bond acceptors (Lipinski definition) is 3. The quantitative estimate of drug-likeness (QED) is 0.328. The number of aryl methyl sites for hydroxylation is 1. The van der Waals surface area contributed by atoms with E-state index in [1.54, 1.807) is 17.1 Å². The zero-order chi connectivity index (χ0) is 20.8. The van der Waals surface area contributed by atoms with Gasteiger partial charge < -0.3 is 15.6 Å². The summed E-state index contributed by atoms with van der Waals surface area (Å²) in [4.78, 5) is 12.5. The third-order valence-electron chi connectivity index (χ3n) is 4.92. The lowest BCUT2D eigenvalue weighted by molar-refractivity contribution is 0.800. The number of guanidine groups is 1. The Kier molecular flexibility index (Phi) is 6.08. The minimum Gasteiger partial charge on any atom is -0.361 e. The maximum absolute atomic E-state index is 4.73. The maximum atomic E-state index is 4.73. The summed E-state index contributed by atoms with van der Waals surface area (Å²) in [5, 5.41) is 12.3. The first kappa shape index (κ1) is 19.7. The van der Waals surface area contributed by atoms with E-state index in [-0.39, 0.29) is 0 Å². The number of H-pyrrole nitrogens is 1. The standard InChI is InChI=1S/C23H27N7/c1-3-24-23(26-11-8-19-16-27-21-13-17(2)5-6-20(19)21)28-15-18-7-10-25-22(14-18)30-12-4-9-29-30/h4-7,9-10,12-14,16,27H,3,8,11,15H2,1-2H3,(H2,24,26,28). The minimum absolute atomic E-state index is 0.568. The Morgan fingerprint density at radius 3 is 2.93 bits per heavy atom. The van der Waals surface area contributed by atoms with Crippen LogP contribution >= 0.6 is 0 Å². The predicted molar refractivity (Wildman–Crippen MR) is 121 cm³/mol. The summed E-state index contributed by atoms with van der Waals surface area (Å²) in [6.07, 6.45) is 8.44. The lowest BCUT2D eigenvalue weighted by Crippen LogP contribution is -2.38. The third-order valence-corrected chi connectivity index (χ3v) is 4.92. The van der Waals surface area contributed by atoms with Crippen LogP contribution in [0.1, 0.15) is 23.6 Å². The molecule has 0 fully saturated rings. The number of aromatic amines is 1. The highest BCUT2D eigenvalue weighted by atomic mass is 15.3. The van der Waals surface area contributed by atoms with E-state index in [2.05, 4.69) is 63.9 Å². The normalized spacial score (nSPS) is 11.7. The molecule has 0 aliphatic carbocycles. The molecule has 0 atom stereocenters. The second kappa shape index (κ2) is 9.26. The molecule has 0 unspecified atom stereocenters. The molecule has 0 saturated carbocycles. The fraction of sp³-hybridized carbons (Fsp3) is 0.261. The van der Waals surface area contributed by atoms with Gasteiger partial charge >= 0.3 is 0 Å². The lowest BCUT2D eigenvalue weighted by atomic mass is 10.1. The molecule has 3 N–H and O–H groups in total. The molecular weight excluding hydrogens is 374 g/mol. The molecule has 7 heteroatoms. The van der Waals surface area contributed by atoms with Crippen molar-refractivity contribution in [2.24, 2.45) is 4.99 Å². The number of nitrogens with one attached hydrogen (secondary N) is 3. The summed E-state index contributed by atoms with van der Waals surface area (Å²) < 4.78 is 1.75. The van der Waals surface area contributed by atoms with E-state index >= 15 is 0 Å². The minimum atomic E-state index is 0.568. The smallest absolute Gasteiger partial charge is 0.191 e. The van der Waals surface area contributed by atoms with Crippen LogP contribution in [-0.4, -0.2) is 38.8 Å². The number of hydrogen-bond donors (Lipinski definition) is 3. The van der Waals surface area contributed by atoms with Gasteiger partial charge in [-0.2, -0.15) is 5.10 Å². The summed E-state index contributed by atoms with van der Waals surface area (Å²) in [7, 11) is 0. The highest BCUT2D eigenvalue weighted by molar-refractivity contribution is 5.84. The van der Waals surface area contributed by atoms with Crippen LogP contribution in [0.15, 0.2) is 66.2 Å². The van der Waals surface area contributed by atoms with Crippen molar-refractivity contribution in [3.05, 3.63) is 77.9 Å². The van der Waals surface area contributed by atoms with Crippen LogP contribution in [0.4, 0.5) is 0 Å². The number of rotatable bonds is 7. The van der Waals surface area contributed by atoms with Crippen LogP contribution < -0.4 is 10.6 Å². The molecule has 30 heavy (non-hydrogen) atoms. The first-order valence-corrected chi connectivity index (χ1v) is 10.3. The molecule has 3 heterocycles. The number of fused-ring (bicyclic) bond motifs is 1. The van der Waals surface area contributed by atoms with Gasteiger partial charge in [-0.3, -0.25) is 0 Å². The van der Waals surface area contributed by atoms with Gasteiger partial charge in [0.05, 0.1) is 6.54 Å². The third kappa shape index (κ3) is 4.68. The molecular formula is C23H27N7. The van der Waals surface area contributed by atoms with Gasteiger partial charge in [0, 0.05) is 48.8 Å². The second-order valence-electron chi connectivity index (χ2n) is 7.21. The number of benzene rings is 1. The van der Waals surface area contributed by atoms with Crippen LogP contribution in [-0.2, 0) is 13.0 Å². The molecule has 0 spiro atoms. The average molecular weight is 402 g/mol. The zero-order valence-corrected chi connectivity index (χ0v) is 17.4. The van der Waals surface area contributed by atoms with E-state index in [0.717, 1.165) is 36.9 Å². The number of pyridine rings is 1. The van der Waals surface area contributed by atoms with Crippen molar-refractivity contribution in [3.63, 3.8) is 0 Å². The Balaban J connectivity index is 1.38. The first-order chi connectivity index (χ1) is 14.7.